The molecule has 2 aromatic rings. The summed E-state index contributed by atoms with van der Waals surface area (Å²) in [5.41, 5.74) is 7.37. The first-order valence-corrected chi connectivity index (χ1v) is 7.31. The van der Waals surface area contributed by atoms with Gasteiger partial charge >= 0.3 is 0 Å². The second-order valence-electron chi connectivity index (χ2n) is 5.18. The number of hydrogen-bond acceptors (Lipinski definition) is 3. The minimum atomic E-state index is -0.859. The zero-order valence-corrected chi connectivity index (χ0v) is 12.9. The Labute approximate surface area is 135 Å². The SMILES string of the molecule is COCC(=O)N[C@H](C(N)=O)C(c1ccccc1)c1ccccc1. The molecule has 0 radical (unpaired) electrons. The Bertz CT molecular complexity index is 604. The van der Waals surface area contributed by atoms with Crippen molar-refractivity contribution >= 4 is 11.8 Å². The number of ether oxygens (including phenoxy) is 1. The third-order valence-electron chi connectivity index (χ3n) is 3.55. The van der Waals surface area contributed by atoms with Crippen molar-refractivity contribution in [2.24, 2.45) is 5.73 Å². The van der Waals surface area contributed by atoms with Crippen molar-refractivity contribution in [2.75, 3.05) is 13.7 Å². The third-order valence-corrected chi connectivity index (χ3v) is 3.55. The number of primary amides is 1. The molecule has 2 rings (SSSR count). The summed E-state index contributed by atoms with van der Waals surface area (Å²) >= 11 is 0. The number of carbonyl (C=O) groups is 2. The Morgan fingerprint density at radius 1 is 1.00 bits per heavy atom. The number of hydrogen-bond donors (Lipinski definition) is 2. The minimum Gasteiger partial charge on any atom is -0.375 e. The van der Waals surface area contributed by atoms with E-state index in [2.05, 4.69) is 5.32 Å². The van der Waals surface area contributed by atoms with E-state index in [1.165, 1.54) is 7.11 Å². The van der Waals surface area contributed by atoms with E-state index < -0.39 is 11.9 Å². The highest BCUT2D eigenvalue weighted by Crippen LogP contribution is 2.28. The number of carbonyl (C=O) groups excluding carboxylic acids is 2. The highest BCUT2D eigenvalue weighted by atomic mass is 16.5. The third kappa shape index (κ3) is 4.40. The Balaban J connectivity index is 2.41. The van der Waals surface area contributed by atoms with Crippen molar-refractivity contribution in [3.05, 3.63) is 71.8 Å². The largest absolute Gasteiger partial charge is 0.375 e. The van der Waals surface area contributed by atoms with E-state index in [4.69, 9.17) is 10.5 Å². The molecule has 0 heterocycles. The number of amides is 2. The van der Waals surface area contributed by atoms with E-state index in [0.717, 1.165) is 11.1 Å². The van der Waals surface area contributed by atoms with Crippen LogP contribution in [0.2, 0.25) is 0 Å². The molecule has 0 spiro atoms. The average molecular weight is 312 g/mol. The molecule has 5 nitrogen and oxygen atoms in total. The number of benzene rings is 2. The van der Waals surface area contributed by atoms with Crippen LogP contribution >= 0.6 is 0 Å². The van der Waals surface area contributed by atoms with Crippen molar-refractivity contribution in [2.45, 2.75) is 12.0 Å². The van der Waals surface area contributed by atoms with Crippen LogP contribution in [-0.4, -0.2) is 31.6 Å². The molecular weight excluding hydrogens is 292 g/mol. The number of rotatable bonds is 7. The van der Waals surface area contributed by atoms with Crippen molar-refractivity contribution in [3.8, 4) is 0 Å². The van der Waals surface area contributed by atoms with Crippen molar-refractivity contribution in [1.82, 2.24) is 5.32 Å². The maximum atomic E-state index is 12.0. The monoisotopic (exact) mass is 312 g/mol. The Hall–Kier alpha value is -2.66. The van der Waals surface area contributed by atoms with Gasteiger partial charge in [0.05, 0.1) is 0 Å². The van der Waals surface area contributed by atoms with Crippen LogP contribution in [0.15, 0.2) is 60.7 Å². The maximum absolute atomic E-state index is 12.0. The molecule has 0 saturated carbocycles. The Kier molecular flexibility index (Phi) is 5.88. The van der Waals surface area contributed by atoms with Crippen LogP contribution in [-0.2, 0) is 14.3 Å². The molecule has 0 aliphatic heterocycles. The van der Waals surface area contributed by atoms with Crippen LogP contribution < -0.4 is 11.1 Å². The normalized spacial score (nSPS) is 11.9. The van der Waals surface area contributed by atoms with E-state index in [-0.39, 0.29) is 18.4 Å². The predicted octanol–water partition coefficient (Wildman–Crippen LogP) is 1.44. The molecule has 0 fully saturated rings. The summed E-state index contributed by atoms with van der Waals surface area (Å²) in [6, 6.07) is 18.1. The Morgan fingerprint density at radius 2 is 1.48 bits per heavy atom. The van der Waals surface area contributed by atoms with Gasteiger partial charge < -0.3 is 15.8 Å². The van der Waals surface area contributed by atoms with Gasteiger partial charge in [0, 0.05) is 13.0 Å². The summed E-state index contributed by atoms with van der Waals surface area (Å²) in [5, 5.41) is 2.68. The fourth-order valence-electron chi connectivity index (χ4n) is 2.56. The second kappa shape index (κ2) is 8.10. The lowest BCUT2D eigenvalue weighted by Gasteiger charge is -2.26. The van der Waals surface area contributed by atoms with Crippen molar-refractivity contribution in [3.63, 3.8) is 0 Å². The van der Waals surface area contributed by atoms with E-state index in [1.807, 2.05) is 60.7 Å². The molecule has 0 aromatic heterocycles. The van der Waals surface area contributed by atoms with Gasteiger partial charge in [0.2, 0.25) is 11.8 Å². The summed E-state index contributed by atoms with van der Waals surface area (Å²) in [7, 11) is 1.42. The smallest absolute Gasteiger partial charge is 0.246 e. The quantitative estimate of drug-likeness (QED) is 0.811. The van der Waals surface area contributed by atoms with Crippen LogP contribution in [0, 0.1) is 0 Å². The van der Waals surface area contributed by atoms with Gasteiger partial charge in [-0.3, -0.25) is 9.59 Å². The fraction of sp³-hybridized carbons (Fsp3) is 0.222. The summed E-state index contributed by atoms with van der Waals surface area (Å²) in [6.45, 7) is -0.125. The molecule has 3 N–H and O–H groups in total. The van der Waals surface area contributed by atoms with Crippen molar-refractivity contribution < 1.29 is 14.3 Å². The minimum absolute atomic E-state index is 0.125. The lowest BCUT2D eigenvalue weighted by Crippen LogP contribution is -2.49. The number of nitrogens with two attached hydrogens (primary N) is 1. The van der Waals surface area contributed by atoms with Gasteiger partial charge in [-0.1, -0.05) is 60.7 Å². The van der Waals surface area contributed by atoms with E-state index in [9.17, 15) is 9.59 Å². The first-order chi connectivity index (χ1) is 11.1. The van der Waals surface area contributed by atoms with Gasteiger partial charge in [-0.2, -0.15) is 0 Å². The molecule has 0 aliphatic rings. The van der Waals surface area contributed by atoms with Crippen molar-refractivity contribution in [1.29, 1.82) is 0 Å². The van der Waals surface area contributed by atoms with Crippen LogP contribution in [0.5, 0.6) is 0 Å². The number of methoxy groups -OCH3 is 1. The molecule has 0 bridgehead atoms. The lowest BCUT2D eigenvalue weighted by molar-refractivity contribution is -0.130. The molecule has 0 aliphatic carbocycles. The zero-order valence-electron chi connectivity index (χ0n) is 12.9. The van der Waals surface area contributed by atoms with Crippen LogP contribution in [0.3, 0.4) is 0 Å². The lowest BCUT2D eigenvalue weighted by atomic mass is 9.84. The fourth-order valence-corrected chi connectivity index (χ4v) is 2.56. The van der Waals surface area contributed by atoms with Crippen LogP contribution in [0.25, 0.3) is 0 Å². The van der Waals surface area contributed by atoms with Gasteiger partial charge in [-0.05, 0) is 11.1 Å². The Morgan fingerprint density at radius 3 is 1.87 bits per heavy atom. The summed E-state index contributed by atoms with van der Waals surface area (Å²) < 4.78 is 4.81. The molecule has 2 aromatic carbocycles. The van der Waals surface area contributed by atoms with E-state index >= 15 is 0 Å². The molecule has 2 amide bonds. The topological polar surface area (TPSA) is 81.4 Å². The molecule has 23 heavy (non-hydrogen) atoms. The molecular formula is C18H20N2O3. The first-order valence-electron chi connectivity index (χ1n) is 7.31. The summed E-state index contributed by atoms with van der Waals surface area (Å²) in [5.74, 6) is -1.34. The van der Waals surface area contributed by atoms with Gasteiger partial charge in [0.1, 0.15) is 12.6 Å². The molecule has 0 unspecified atom stereocenters. The zero-order chi connectivity index (χ0) is 16.7. The maximum Gasteiger partial charge on any atom is 0.246 e. The average Bonchev–Trinajstić information content (AvgIpc) is 2.56. The number of nitrogens with one attached hydrogen (secondary N) is 1. The molecule has 1 atom stereocenters. The summed E-state index contributed by atoms with van der Waals surface area (Å²) in [4.78, 5) is 23.9. The summed E-state index contributed by atoms with van der Waals surface area (Å²) in [6.07, 6.45) is 0. The molecule has 120 valence electrons. The molecule has 0 saturated heterocycles. The van der Waals surface area contributed by atoms with Gasteiger partial charge in [0.25, 0.3) is 0 Å². The molecule has 5 heteroatoms. The standard InChI is InChI=1S/C18H20N2O3/c1-23-12-15(21)20-17(18(19)22)16(13-8-4-2-5-9-13)14-10-6-3-7-11-14/h2-11,16-17H,12H2,1H3,(H2,19,22)(H,20,21)/t17-/m0/s1. The predicted molar refractivity (Wildman–Crippen MR) is 87.7 cm³/mol. The highest BCUT2D eigenvalue weighted by Gasteiger charge is 2.30. The van der Waals surface area contributed by atoms with E-state index in [1.54, 1.807) is 0 Å². The first kappa shape index (κ1) is 16.7. The van der Waals surface area contributed by atoms with E-state index in [0.29, 0.717) is 0 Å². The van der Waals surface area contributed by atoms with Crippen LogP contribution in [0.4, 0.5) is 0 Å². The van der Waals surface area contributed by atoms with Gasteiger partial charge in [-0.15, -0.1) is 0 Å². The van der Waals surface area contributed by atoms with Gasteiger partial charge in [-0.25, -0.2) is 0 Å². The van der Waals surface area contributed by atoms with Crippen LogP contribution in [0.1, 0.15) is 17.0 Å². The van der Waals surface area contributed by atoms with Gasteiger partial charge in [0.15, 0.2) is 0 Å². The second-order valence-corrected chi connectivity index (χ2v) is 5.18. The highest BCUT2D eigenvalue weighted by molar-refractivity contribution is 5.88.